The van der Waals surface area contributed by atoms with E-state index in [1.54, 1.807) is 0 Å². The zero-order valence-corrected chi connectivity index (χ0v) is 8.43. The largest absolute Gasteiger partial charge is 0.417 e. The number of hydrogen-bond donors (Lipinski definition) is 1. The van der Waals surface area contributed by atoms with E-state index in [2.05, 4.69) is 5.14 Å². The molecule has 1 rings (SSSR count). The molecule has 0 saturated heterocycles. The van der Waals surface area contributed by atoms with Gasteiger partial charge in [-0.3, -0.25) is 0 Å². The third-order valence-corrected chi connectivity index (χ3v) is 2.66. The Morgan fingerprint density at radius 1 is 1.31 bits per heavy atom. The molecule has 0 aromatic heterocycles. The zero-order valence-electron chi connectivity index (χ0n) is 7.62. The minimum atomic E-state index is -4.80. The van der Waals surface area contributed by atoms with E-state index in [0.29, 0.717) is 6.07 Å². The second-order valence-corrected chi connectivity index (χ2v) is 4.42. The number of rotatable bonds is 1. The molecule has 1 aromatic carbocycles. The first-order chi connectivity index (χ1) is 7.16. The van der Waals surface area contributed by atoms with Crippen LogP contribution in [0.2, 0.25) is 0 Å². The van der Waals surface area contributed by atoms with E-state index < -0.39 is 32.2 Å². The van der Waals surface area contributed by atoms with E-state index in [0.717, 1.165) is 12.1 Å². The Hall–Kier alpha value is -1.59. The number of sulfonamides is 1. The lowest BCUT2D eigenvalue weighted by Crippen LogP contribution is -2.15. The van der Waals surface area contributed by atoms with Gasteiger partial charge < -0.3 is 0 Å². The zero-order chi connectivity index (χ0) is 12.6. The normalized spacial score (nSPS) is 12.2. The minimum Gasteiger partial charge on any atom is -0.225 e. The third kappa shape index (κ3) is 2.50. The van der Waals surface area contributed by atoms with E-state index in [1.807, 2.05) is 0 Å². The van der Waals surface area contributed by atoms with Gasteiger partial charge in [-0.25, -0.2) is 13.6 Å². The maximum absolute atomic E-state index is 12.4. The van der Waals surface area contributed by atoms with E-state index >= 15 is 0 Å². The molecule has 0 bridgehead atoms. The molecule has 2 N–H and O–H groups in total. The van der Waals surface area contributed by atoms with Gasteiger partial charge in [0.15, 0.2) is 0 Å². The van der Waals surface area contributed by atoms with Crippen LogP contribution in [0.5, 0.6) is 0 Å². The molecule has 4 nitrogen and oxygen atoms in total. The quantitative estimate of drug-likeness (QED) is 0.813. The number of primary sulfonamides is 1. The van der Waals surface area contributed by atoms with Crippen molar-refractivity contribution in [1.82, 2.24) is 0 Å². The number of hydrogen-bond acceptors (Lipinski definition) is 3. The lowest BCUT2D eigenvalue weighted by atomic mass is 10.1. The molecule has 0 aliphatic rings. The summed E-state index contributed by atoms with van der Waals surface area (Å²) in [5.74, 6) is 0. The lowest BCUT2D eigenvalue weighted by molar-refractivity contribution is -0.137. The molecule has 0 radical (unpaired) electrons. The van der Waals surface area contributed by atoms with Crippen molar-refractivity contribution in [1.29, 1.82) is 5.26 Å². The highest BCUT2D eigenvalue weighted by Gasteiger charge is 2.34. The summed E-state index contributed by atoms with van der Waals surface area (Å²) in [6.07, 6.45) is -4.80. The van der Waals surface area contributed by atoms with E-state index in [9.17, 15) is 21.6 Å². The van der Waals surface area contributed by atoms with Crippen molar-refractivity contribution in [3.8, 4) is 6.07 Å². The Kier molecular flexibility index (Phi) is 2.94. The number of nitriles is 1. The van der Waals surface area contributed by atoms with E-state index in [4.69, 9.17) is 5.26 Å². The Bertz CT molecular complexity index is 558. The molecule has 0 spiro atoms. The first-order valence-electron chi connectivity index (χ1n) is 3.80. The van der Waals surface area contributed by atoms with E-state index in [-0.39, 0.29) is 0 Å². The fourth-order valence-corrected chi connectivity index (χ4v) is 1.57. The van der Waals surface area contributed by atoms with Gasteiger partial charge >= 0.3 is 6.18 Å². The van der Waals surface area contributed by atoms with Gasteiger partial charge in [0.05, 0.1) is 22.1 Å². The molecule has 0 saturated carbocycles. The van der Waals surface area contributed by atoms with Crippen LogP contribution in [0.3, 0.4) is 0 Å². The van der Waals surface area contributed by atoms with Crippen molar-refractivity contribution in [3.63, 3.8) is 0 Å². The van der Waals surface area contributed by atoms with Gasteiger partial charge in [-0.15, -0.1) is 0 Å². The fraction of sp³-hybridized carbons (Fsp3) is 0.125. The Labute approximate surface area is 89.2 Å². The summed E-state index contributed by atoms with van der Waals surface area (Å²) in [7, 11) is -4.22. The van der Waals surface area contributed by atoms with Gasteiger partial charge in [-0.05, 0) is 18.2 Å². The average Bonchev–Trinajstić information content (AvgIpc) is 2.14. The van der Waals surface area contributed by atoms with Crippen LogP contribution in [0, 0.1) is 11.3 Å². The minimum absolute atomic E-state index is 0.341. The van der Waals surface area contributed by atoms with Gasteiger partial charge in [-0.2, -0.15) is 18.4 Å². The monoisotopic (exact) mass is 250 g/mol. The molecule has 86 valence electrons. The van der Waals surface area contributed by atoms with Crippen molar-refractivity contribution in [2.24, 2.45) is 5.14 Å². The number of nitrogens with zero attached hydrogens (tertiary/aromatic N) is 1. The summed E-state index contributed by atoms with van der Waals surface area (Å²) in [5, 5.41) is 13.1. The topological polar surface area (TPSA) is 83.9 Å². The van der Waals surface area contributed by atoms with Crippen LogP contribution in [0.1, 0.15) is 11.1 Å². The van der Waals surface area contributed by atoms with Crippen molar-refractivity contribution < 1.29 is 21.6 Å². The van der Waals surface area contributed by atoms with Crippen LogP contribution < -0.4 is 5.14 Å². The highest BCUT2D eigenvalue weighted by molar-refractivity contribution is 7.89. The number of benzene rings is 1. The van der Waals surface area contributed by atoms with Gasteiger partial charge in [0, 0.05) is 0 Å². The lowest BCUT2D eigenvalue weighted by Gasteiger charge is -2.09. The molecule has 0 unspecified atom stereocenters. The second-order valence-electron chi connectivity index (χ2n) is 2.86. The van der Waals surface area contributed by atoms with E-state index in [1.165, 1.54) is 6.07 Å². The number of nitrogens with two attached hydrogens (primary N) is 1. The molecule has 16 heavy (non-hydrogen) atoms. The molecule has 0 amide bonds. The molecular formula is C8H5F3N2O2S. The Balaban J connectivity index is 3.53. The molecule has 0 aliphatic heterocycles. The molecular weight excluding hydrogens is 245 g/mol. The summed E-state index contributed by atoms with van der Waals surface area (Å²) in [5.41, 5.74) is -1.97. The van der Waals surface area contributed by atoms with Crippen molar-refractivity contribution in [3.05, 3.63) is 29.3 Å². The molecule has 0 heterocycles. The maximum atomic E-state index is 12.4. The SMILES string of the molecule is N#Cc1ccc(S(N)(=O)=O)cc1C(F)(F)F. The van der Waals surface area contributed by atoms with Crippen LogP contribution in [-0.4, -0.2) is 8.42 Å². The van der Waals surface area contributed by atoms with Crippen LogP contribution in [0.25, 0.3) is 0 Å². The average molecular weight is 250 g/mol. The van der Waals surface area contributed by atoms with Crippen LogP contribution >= 0.6 is 0 Å². The summed E-state index contributed by atoms with van der Waals surface area (Å²) in [6.45, 7) is 0. The number of halogens is 3. The summed E-state index contributed by atoms with van der Waals surface area (Å²) in [6, 6.07) is 3.28. The standard InChI is InChI=1S/C8H5F3N2O2S/c9-8(10,11)7-3-6(16(13,14)15)2-1-5(7)4-12/h1-3H,(H2,13,14,15). The first-order valence-corrected chi connectivity index (χ1v) is 5.35. The third-order valence-electron chi connectivity index (χ3n) is 1.75. The molecule has 1 aromatic rings. The van der Waals surface area contributed by atoms with Gasteiger partial charge in [0.1, 0.15) is 0 Å². The Morgan fingerprint density at radius 3 is 2.25 bits per heavy atom. The molecule has 0 atom stereocenters. The highest BCUT2D eigenvalue weighted by Crippen LogP contribution is 2.32. The summed E-state index contributed by atoms with van der Waals surface area (Å²) >= 11 is 0. The van der Waals surface area contributed by atoms with Gasteiger partial charge in [0.25, 0.3) is 0 Å². The number of alkyl halides is 3. The highest BCUT2D eigenvalue weighted by atomic mass is 32.2. The van der Waals surface area contributed by atoms with Crippen molar-refractivity contribution >= 4 is 10.0 Å². The predicted molar refractivity (Wildman–Crippen MR) is 47.5 cm³/mol. The van der Waals surface area contributed by atoms with Crippen molar-refractivity contribution in [2.75, 3.05) is 0 Å². The molecule has 8 heteroatoms. The molecule has 0 aliphatic carbocycles. The van der Waals surface area contributed by atoms with Gasteiger partial charge in [-0.1, -0.05) is 0 Å². The fourth-order valence-electron chi connectivity index (χ4n) is 1.03. The van der Waals surface area contributed by atoms with Gasteiger partial charge in [0.2, 0.25) is 10.0 Å². The smallest absolute Gasteiger partial charge is 0.225 e. The summed E-state index contributed by atoms with van der Waals surface area (Å²) in [4.78, 5) is -0.682. The van der Waals surface area contributed by atoms with Crippen LogP contribution in [0.15, 0.2) is 23.1 Å². The maximum Gasteiger partial charge on any atom is 0.417 e. The summed E-state index contributed by atoms with van der Waals surface area (Å²) < 4.78 is 58.9. The van der Waals surface area contributed by atoms with Crippen molar-refractivity contribution in [2.45, 2.75) is 11.1 Å². The Morgan fingerprint density at radius 2 is 1.88 bits per heavy atom. The first kappa shape index (κ1) is 12.5. The predicted octanol–water partition coefficient (Wildman–Crippen LogP) is 1.22. The van der Waals surface area contributed by atoms with Crippen LogP contribution in [-0.2, 0) is 16.2 Å². The van der Waals surface area contributed by atoms with Crippen LogP contribution in [0.4, 0.5) is 13.2 Å². The second kappa shape index (κ2) is 3.77. The molecule has 0 fully saturated rings.